The molecule has 2 heterocycles. The van der Waals surface area contributed by atoms with E-state index < -0.39 is 0 Å². The zero-order chi connectivity index (χ0) is 21.4. The van der Waals surface area contributed by atoms with Crippen molar-refractivity contribution in [1.82, 2.24) is 0 Å². The van der Waals surface area contributed by atoms with Crippen molar-refractivity contribution in [2.45, 2.75) is 26.4 Å². The molecule has 1 N–H and O–H groups in total. The van der Waals surface area contributed by atoms with E-state index in [9.17, 15) is 9.18 Å². The second kappa shape index (κ2) is 8.00. The predicted octanol–water partition coefficient (Wildman–Crippen LogP) is 3.77. The van der Waals surface area contributed by atoms with Gasteiger partial charge in [-0.25, -0.2) is 9.18 Å². The van der Waals surface area contributed by atoms with Crippen LogP contribution in [-0.2, 0) is 19.5 Å². The summed E-state index contributed by atoms with van der Waals surface area (Å²) in [6.07, 6.45) is 0.542. The minimum atomic E-state index is -0.298. The summed E-state index contributed by atoms with van der Waals surface area (Å²) >= 11 is 0. The van der Waals surface area contributed by atoms with E-state index in [1.165, 1.54) is 17.0 Å². The topological polar surface area (TPSA) is 43.9 Å². The fraction of sp³-hybridized carbons (Fsp3) is 0.192. The first kappa shape index (κ1) is 19.5. The summed E-state index contributed by atoms with van der Waals surface area (Å²) < 4.78 is 25.0. The maximum atomic E-state index is 13.2. The van der Waals surface area contributed by atoms with Gasteiger partial charge in [-0.2, -0.15) is 0 Å². The van der Waals surface area contributed by atoms with Gasteiger partial charge in [0.2, 0.25) is 6.73 Å². The summed E-state index contributed by atoms with van der Waals surface area (Å²) in [5.74, 6) is 0.516. The Morgan fingerprint density at radius 2 is 1.74 bits per heavy atom. The number of aryl methyl sites for hydroxylation is 1. The van der Waals surface area contributed by atoms with E-state index >= 15 is 0 Å². The van der Waals surface area contributed by atoms with Crippen molar-refractivity contribution in [3.05, 3.63) is 111 Å². The lowest BCUT2D eigenvalue weighted by molar-refractivity contribution is -0.945. The molecular weight excluding hydrogens is 393 g/mol. The molecule has 1 aliphatic rings. The Labute approximate surface area is 179 Å². The van der Waals surface area contributed by atoms with Crippen LogP contribution in [0.4, 0.5) is 4.39 Å². The van der Waals surface area contributed by atoms with Crippen molar-refractivity contribution in [2.24, 2.45) is 0 Å². The fourth-order valence-electron chi connectivity index (χ4n) is 4.28. The zero-order valence-electron chi connectivity index (χ0n) is 17.3. The number of hydrogen-bond donors (Lipinski definition) is 1. The molecule has 0 bridgehead atoms. The van der Waals surface area contributed by atoms with Gasteiger partial charge in [0.15, 0.2) is 5.58 Å². The van der Waals surface area contributed by atoms with Gasteiger partial charge in [-0.1, -0.05) is 42.5 Å². The van der Waals surface area contributed by atoms with Crippen LogP contribution in [0.5, 0.6) is 5.75 Å². The van der Waals surface area contributed by atoms with Crippen LogP contribution in [0.15, 0.2) is 75.9 Å². The molecule has 0 saturated heterocycles. The maximum absolute atomic E-state index is 13.2. The minimum Gasteiger partial charge on any atom is -0.445 e. The minimum absolute atomic E-state index is 0.242. The monoisotopic (exact) mass is 416 g/mol. The van der Waals surface area contributed by atoms with Crippen molar-refractivity contribution in [2.75, 3.05) is 6.73 Å². The van der Waals surface area contributed by atoms with Crippen LogP contribution < -0.4 is 15.3 Å². The first-order chi connectivity index (χ1) is 15.1. The zero-order valence-corrected chi connectivity index (χ0v) is 17.3. The van der Waals surface area contributed by atoms with E-state index in [-0.39, 0.29) is 11.4 Å². The average Bonchev–Trinajstić information content (AvgIpc) is 2.79. The van der Waals surface area contributed by atoms with Gasteiger partial charge in [0.1, 0.15) is 24.7 Å². The number of benzene rings is 3. The lowest BCUT2D eigenvalue weighted by Crippen LogP contribution is -3.10. The van der Waals surface area contributed by atoms with Crippen LogP contribution in [0.2, 0.25) is 0 Å². The van der Waals surface area contributed by atoms with Crippen molar-refractivity contribution >= 4 is 11.0 Å². The Morgan fingerprint density at radius 3 is 2.52 bits per heavy atom. The summed E-state index contributed by atoms with van der Waals surface area (Å²) in [5.41, 5.74) is 4.96. The molecule has 1 aromatic heterocycles. The number of quaternary nitrogens is 1. The molecule has 0 spiro atoms. The van der Waals surface area contributed by atoms with Crippen LogP contribution in [0, 0.1) is 12.7 Å². The third-order valence-corrected chi connectivity index (χ3v) is 5.97. The maximum Gasteiger partial charge on any atom is 0.340 e. The molecule has 1 unspecified atom stereocenters. The first-order valence-electron chi connectivity index (χ1n) is 10.4. The van der Waals surface area contributed by atoms with E-state index in [1.54, 1.807) is 12.1 Å². The second-order valence-electron chi connectivity index (χ2n) is 8.09. The fourth-order valence-corrected chi connectivity index (χ4v) is 4.28. The number of halogens is 1. The van der Waals surface area contributed by atoms with Crippen molar-refractivity contribution < 1.29 is 18.4 Å². The van der Waals surface area contributed by atoms with Gasteiger partial charge >= 0.3 is 5.63 Å². The van der Waals surface area contributed by atoms with Crippen LogP contribution in [-0.4, -0.2) is 6.73 Å². The van der Waals surface area contributed by atoms with Gasteiger partial charge < -0.3 is 9.15 Å². The lowest BCUT2D eigenvalue weighted by Gasteiger charge is -2.26. The van der Waals surface area contributed by atoms with Crippen LogP contribution in [0.1, 0.15) is 27.8 Å². The Hall–Kier alpha value is -3.44. The average molecular weight is 416 g/mol. The molecule has 0 fully saturated rings. The van der Waals surface area contributed by atoms with Crippen molar-refractivity contribution in [3.8, 4) is 5.75 Å². The molecule has 4 aromatic rings. The van der Waals surface area contributed by atoms with E-state index in [0.717, 1.165) is 33.4 Å². The van der Waals surface area contributed by atoms with E-state index in [1.807, 2.05) is 49.4 Å². The van der Waals surface area contributed by atoms with Gasteiger partial charge in [-0.15, -0.1) is 0 Å². The Morgan fingerprint density at radius 1 is 0.968 bits per heavy atom. The van der Waals surface area contributed by atoms with Crippen LogP contribution in [0.25, 0.3) is 11.0 Å². The smallest absolute Gasteiger partial charge is 0.340 e. The standard InChI is InChI=1S/C26H22FNO3/c1-17-21-11-12-24-23(15-28(16-30-24)14-19-7-9-20(27)10-8-19)25(21)31-26(29)22(17)13-18-5-3-2-4-6-18/h2-12H,13-16H2,1H3/p+1. The summed E-state index contributed by atoms with van der Waals surface area (Å²) in [6.45, 7) is 3.86. The molecule has 0 saturated carbocycles. The van der Waals surface area contributed by atoms with Gasteiger partial charge in [0.25, 0.3) is 0 Å². The molecular formula is C26H23FNO3+. The molecule has 31 heavy (non-hydrogen) atoms. The molecule has 5 heteroatoms. The third-order valence-electron chi connectivity index (χ3n) is 5.97. The van der Waals surface area contributed by atoms with Crippen LogP contribution in [0.3, 0.4) is 0 Å². The Kier molecular flexibility index (Phi) is 5.04. The molecule has 1 aliphatic heterocycles. The highest BCUT2D eigenvalue weighted by molar-refractivity contribution is 5.86. The number of ether oxygens (including phenoxy) is 1. The lowest BCUT2D eigenvalue weighted by atomic mass is 9.97. The molecule has 0 aliphatic carbocycles. The largest absolute Gasteiger partial charge is 0.445 e. The number of fused-ring (bicyclic) bond motifs is 3. The molecule has 3 aromatic carbocycles. The highest BCUT2D eigenvalue weighted by Crippen LogP contribution is 2.31. The molecule has 0 radical (unpaired) electrons. The number of rotatable bonds is 4. The SMILES string of the molecule is Cc1c(Cc2ccccc2)c(=O)oc2c3c(ccc12)OC[NH+](Cc1ccc(F)cc1)C3. The van der Waals surface area contributed by atoms with Gasteiger partial charge in [-0.05, 0) is 42.3 Å². The van der Waals surface area contributed by atoms with Gasteiger partial charge in [0.05, 0.1) is 5.56 Å². The van der Waals surface area contributed by atoms with E-state index in [0.29, 0.717) is 37.4 Å². The Bertz CT molecular complexity index is 1300. The highest BCUT2D eigenvalue weighted by atomic mass is 19.1. The molecule has 5 rings (SSSR count). The third kappa shape index (κ3) is 3.84. The number of nitrogens with one attached hydrogen (secondary N) is 1. The van der Waals surface area contributed by atoms with Gasteiger partial charge in [0, 0.05) is 22.9 Å². The van der Waals surface area contributed by atoms with Crippen molar-refractivity contribution in [3.63, 3.8) is 0 Å². The highest BCUT2D eigenvalue weighted by Gasteiger charge is 2.26. The molecule has 156 valence electrons. The summed E-state index contributed by atoms with van der Waals surface area (Å²) in [6, 6.07) is 20.4. The molecule has 1 atom stereocenters. The summed E-state index contributed by atoms with van der Waals surface area (Å²) in [5, 5.41) is 0.941. The summed E-state index contributed by atoms with van der Waals surface area (Å²) in [7, 11) is 0. The Balaban J connectivity index is 1.50. The van der Waals surface area contributed by atoms with Crippen molar-refractivity contribution in [1.29, 1.82) is 0 Å². The molecule has 0 amide bonds. The number of hydrogen-bond acceptors (Lipinski definition) is 3. The van der Waals surface area contributed by atoms with Crippen LogP contribution >= 0.6 is 0 Å². The van der Waals surface area contributed by atoms with E-state index in [2.05, 4.69) is 0 Å². The van der Waals surface area contributed by atoms with E-state index in [4.69, 9.17) is 9.15 Å². The van der Waals surface area contributed by atoms with Gasteiger partial charge in [-0.3, -0.25) is 4.90 Å². The normalized spacial score (nSPS) is 15.5. The molecule has 4 nitrogen and oxygen atoms in total. The first-order valence-corrected chi connectivity index (χ1v) is 10.4. The predicted molar refractivity (Wildman–Crippen MR) is 117 cm³/mol. The quantitative estimate of drug-likeness (QED) is 0.515. The summed E-state index contributed by atoms with van der Waals surface area (Å²) in [4.78, 5) is 14.1. The second-order valence-corrected chi connectivity index (χ2v) is 8.09.